The number of ketones is 1. The van der Waals surface area contributed by atoms with E-state index in [0.29, 0.717) is 6.42 Å². The molecular weight excluding hydrogens is 192 g/mol. The number of aryl methyl sites for hydroxylation is 1. The first-order chi connectivity index (χ1) is 7.18. The number of carboxylic acids is 1. The van der Waals surface area contributed by atoms with Crippen LogP contribution in [0.4, 0.5) is 0 Å². The zero-order chi connectivity index (χ0) is 11.1. The first-order valence-corrected chi connectivity index (χ1v) is 4.50. The van der Waals surface area contributed by atoms with Gasteiger partial charge >= 0.3 is 5.97 Å². The minimum absolute atomic E-state index is 0.254. The van der Waals surface area contributed by atoms with Crippen LogP contribution in [0.1, 0.15) is 12.0 Å². The van der Waals surface area contributed by atoms with E-state index < -0.39 is 5.97 Å². The molecule has 0 unspecified atom stereocenters. The maximum atomic E-state index is 11.1. The molecule has 0 fully saturated rings. The van der Waals surface area contributed by atoms with E-state index >= 15 is 0 Å². The zero-order valence-electron chi connectivity index (χ0n) is 8.06. The number of carbonyl (C=O) groups excluding carboxylic acids is 1. The summed E-state index contributed by atoms with van der Waals surface area (Å²) in [7, 11) is 0. The van der Waals surface area contributed by atoms with Crippen LogP contribution in [-0.2, 0) is 16.0 Å². The second kappa shape index (κ2) is 5.61. The summed E-state index contributed by atoms with van der Waals surface area (Å²) in [5.41, 5.74) is 1.04. The van der Waals surface area contributed by atoms with E-state index in [1.165, 1.54) is 0 Å². The molecule has 1 rings (SSSR count). The third kappa shape index (κ3) is 4.63. The maximum absolute atomic E-state index is 11.1. The van der Waals surface area contributed by atoms with Crippen molar-refractivity contribution in [2.75, 3.05) is 0 Å². The van der Waals surface area contributed by atoms with Gasteiger partial charge in [0.25, 0.3) is 0 Å². The highest BCUT2D eigenvalue weighted by Crippen LogP contribution is 2.02. The minimum atomic E-state index is -1.27. The van der Waals surface area contributed by atoms with Gasteiger partial charge in [0.05, 0.1) is 0 Å². The van der Waals surface area contributed by atoms with Gasteiger partial charge in [-0.15, -0.1) is 0 Å². The Hall–Kier alpha value is -2.08. The van der Waals surface area contributed by atoms with E-state index in [0.717, 1.165) is 5.56 Å². The largest absolute Gasteiger partial charge is 0.472 e. The Kier molecular flexibility index (Phi) is 4.11. The van der Waals surface area contributed by atoms with Gasteiger partial charge in [0.15, 0.2) is 0 Å². The Morgan fingerprint density at radius 2 is 1.80 bits per heavy atom. The molecule has 0 spiro atoms. The lowest BCUT2D eigenvalue weighted by Gasteiger charge is -1.96. The third-order valence-corrected chi connectivity index (χ3v) is 1.79. The monoisotopic (exact) mass is 202 g/mol. The molecule has 0 amide bonds. The molecule has 3 nitrogen and oxygen atoms in total. The van der Waals surface area contributed by atoms with Gasteiger partial charge in [0.2, 0.25) is 5.78 Å². The zero-order valence-corrected chi connectivity index (χ0v) is 8.06. The average Bonchev–Trinajstić information content (AvgIpc) is 2.25. The van der Waals surface area contributed by atoms with Crippen molar-refractivity contribution in [3.05, 3.63) is 35.9 Å². The summed E-state index contributed by atoms with van der Waals surface area (Å²) in [6, 6.07) is 9.51. The Labute approximate surface area is 87.7 Å². The number of carbonyl (C=O) groups is 2. The summed E-state index contributed by atoms with van der Waals surface area (Å²) in [4.78, 5) is 21.1. The molecule has 0 saturated heterocycles. The molecule has 0 saturated carbocycles. The number of Topliss-reactive ketones (excluding diaryl/α,β-unsaturated/α-hetero) is 1. The van der Waals surface area contributed by atoms with Gasteiger partial charge in [-0.25, -0.2) is 4.79 Å². The smallest absolute Gasteiger partial charge is 0.382 e. The second-order valence-corrected chi connectivity index (χ2v) is 2.96. The number of carboxylic acid groups (broad SMARTS) is 1. The number of benzene rings is 1. The number of rotatable bonds is 3. The quantitative estimate of drug-likeness (QED) is 0.593. The molecule has 1 aromatic rings. The molecule has 0 heterocycles. The topological polar surface area (TPSA) is 54.4 Å². The van der Waals surface area contributed by atoms with Crippen molar-refractivity contribution in [3.63, 3.8) is 0 Å². The van der Waals surface area contributed by atoms with Crippen LogP contribution in [0, 0.1) is 11.8 Å². The van der Waals surface area contributed by atoms with Crippen molar-refractivity contribution in [2.45, 2.75) is 12.8 Å². The highest BCUT2D eigenvalue weighted by molar-refractivity contribution is 6.01. The van der Waals surface area contributed by atoms with Crippen molar-refractivity contribution < 1.29 is 14.7 Å². The predicted octanol–water partition coefficient (Wildman–Crippen LogP) is 1.28. The molecule has 0 aliphatic carbocycles. The van der Waals surface area contributed by atoms with Crippen LogP contribution >= 0.6 is 0 Å². The van der Waals surface area contributed by atoms with Gasteiger partial charge in [0, 0.05) is 12.3 Å². The molecule has 0 radical (unpaired) electrons. The predicted molar refractivity (Wildman–Crippen MR) is 55.2 cm³/mol. The summed E-state index contributed by atoms with van der Waals surface area (Å²) >= 11 is 0. The molecule has 1 N–H and O–H groups in total. The first-order valence-electron chi connectivity index (χ1n) is 4.50. The van der Waals surface area contributed by atoms with Crippen molar-refractivity contribution in [2.24, 2.45) is 0 Å². The van der Waals surface area contributed by atoms with Gasteiger partial charge in [-0.2, -0.15) is 0 Å². The number of aliphatic carboxylic acids is 1. The summed E-state index contributed by atoms with van der Waals surface area (Å²) in [6.07, 6.45) is 0.846. The lowest BCUT2D eigenvalue weighted by molar-refractivity contribution is -0.130. The van der Waals surface area contributed by atoms with E-state index in [1.54, 1.807) is 5.92 Å². The van der Waals surface area contributed by atoms with E-state index in [2.05, 4.69) is 5.92 Å². The van der Waals surface area contributed by atoms with Crippen LogP contribution in [0.25, 0.3) is 0 Å². The van der Waals surface area contributed by atoms with E-state index in [1.807, 2.05) is 30.3 Å². The molecule has 0 aliphatic rings. The van der Waals surface area contributed by atoms with E-state index in [-0.39, 0.29) is 12.2 Å². The van der Waals surface area contributed by atoms with Crippen LogP contribution in [0.2, 0.25) is 0 Å². The van der Waals surface area contributed by atoms with E-state index in [9.17, 15) is 9.59 Å². The Balaban J connectivity index is 2.43. The summed E-state index contributed by atoms with van der Waals surface area (Å²) in [5, 5.41) is 8.22. The lowest BCUT2D eigenvalue weighted by atomic mass is 10.1. The summed E-state index contributed by atoms with van der Waals surface area (Å²) in [5.74, 6) is 2.24. The van der Waals surface area contributed by atoms with Crippen molar-refractivity contribution in [1.82, 2.24) is 0 Å². The van der Waals surface area contributed by atoms with Crippen molar-refractivity contribution >= 4 is 11.8 Å². The minimum Gasteiger partial charge on any atom is -0.472 e. The molecule has 0 aromatic heterocycles. The van der Waals surface area contributed by atoms with Gasteiger partial charge in [-0.05, 0) is 17.9 Å². The third-order valence-electron chi connectivity index (χ3n) is 1.79. The van der Waals surface area contributed by atoms with Crippen molar-refractivity contribution in [3.8, 4) is 11.8 Å². The molecular formula is C12H10O3. The fourth-order valence-corrected chi connectivity index (χ4v) is 1.09. The van der Waals surface area contributed by atoms with Gasteiger partial charge in [-0.3, -0.25) is 4.79 Å². The van der Waals surface area contributed by atoms with Crippen LogP contribution < -0.4 is 0 Å². The highest BCUT2D eigenvalue weighted by Gasteiger charge is 1.98. The van der Waals surface area contributed by atoms with Gasteiger partial charge in [-0.1, -0.05) is 30.3 Å². The fraction of sp³-hybridized carbons (Fsp3) is 0.167. The number of hydrogen-bond acceptors (Lipinski definition) is 2. The molecule has 0 aliphatic heterocycles. The maximum Gasteiger partial charge on any atom is 0.382 e. The fourth-order valence-electron chi connectivity index (χ4n) is 1.09. The van der Waals surface area contributed by atoms with Crippen LogP contribution in [0.15, 0.2) is 30.3 Å². The highest BCUT2D eigenvalue weighted by atomic mass is 16.4. The van der Waals surface area contributed by atoms with Crippen molar-refractivity contribution in [1.29, 1.82) is 0 Å². The molecule has 0 bridgehead atoms. The standard InChI is InChI=1S/C12H10O3/c13-11(8-9-12(14)15)7-6-10-4-2-1-3-5-10/h1-5H,6-7H2,(H,14,15). The Morgan fingerprint density at radius 1 is 1.13 bits per heavy atom. The SMILES string of the molecule is O=C(O)C#CC(=O)CCc1ccccc1. The summed E-state index contributed by atoms with van der Waals surface area (Å²) < 4.78 is 0. The normalized spacial score (nSPS) is 8.80. The Morgan fingerprint density at radius 3 is 2.40 bits per heavy atom. The second-order valence-electron chi connectivity index (χ2n) is 2.96. The lowest BCUT2D eigenvalue weighted by Crippen LogP contribution is -1.98. The molecule has 15 heavy (non-hydrogen) atoms. The molecule has 76 valence electrons. The average molecular weight is 202 g/mol. The molecule has 0 atom stereocenters. The van der Waals surface area contributed by atoms with Gasteiger partial charge < -0.3 is 5.11 Å². The molecule has 3 heteroatoms. The van der Waals surface area contributed by atoms with Crippen LogP contribution in [0.3, 0.4) is 0 Å². The number of hydrogen-bond donors (Lipinski definition) is 1. The molecule has 1 aromatic carbocycles. The summed E-state index contributed by atoms with van der Waals surface area (Å²) in [6.45, 7) is 0. The Bertz CT molecular complexity index is 409. The van der Waals surface area contributed by atoms with E-state index in [4.69, 9.17) is 5.11 Å². The van der Waals surface area contributed by atoms with Crippen LogP contribution in [0.5, 0.6) is 0 Å². The van der Waals surface area contributed by atoms with Gasteiger partial charge in [0.1, 0.15) is 0 Å². The first kappa shape index (κ1) is 11.0. The van der Waals surface area contributed by atoms with Crippen LogP contribution in [-0.4, -0.2) is 16.9 Å².